The summed E-state index contributed by atoms with van der Waals surface area (Å²) in [6.07, 6.45) is 0. The zero-order valence-electron chi connectivity index (χ0n) is 17.9. The summed E-state index contributed by atoms with van der Waals surface area (Å²) >= 11 is 1.58. The lowest BCUT2D eigenvalue weighted by atomic mass is 9.93. The number of hydrogen-bond donors (Lipinski definition) is 2. The number of rotatable bonds is 5. The summed E-state index contributed by atoms with van der Waals surface area (Å²) in [5, 5.41) is 13.5. The topological polar surface area (TPSA) is 71.8 Å². The van der Waals surface area contributed by atoms with Gasteiger partial charge < -0.3 is 10.6 Å². The lowest BCUT2D eigenvalue weighted by Gasteiger charge is -2.15. The molecule has 1 unspecified atom stereocenters. The number of nitrogens with zero attached hydrogens (tertiary/aromatic N) is 3. The summed E-state index contributed by atoms with van der Waals surface area (Å²) in [6, 6.07) is 9.64. The summed E-state index contributed by atoms with van der Waals surface area (Å²) in [5.74, 6) is 0. The van der Waals surface area contributed by atoms with E-state index in [0.717, 1.165) is 33.3 Å². The van der Waals surface area contributed by atoms with Crippen LogP contribution in [0.1, 0.15) is 61.4 Å². The van der Waals surface area contributed by atoms with Gasteiger partial charge in [0.2, 0.25) is 0 Å². The van der Waals surface area contributed by atoms with Crippen LogP contribution in [-0.2, 0) is 12.0 Å². The van der Waals surface area contributed by atoms with Crippen molar-refractivity contribution in [2.75, 3.05) is 0 Å². The Morgan fingerprint density at radius 1 is 1.21 bits per heavy atom. The van der Waals surface area contributed by atoms with E-state index in [2.05, 4.69) is 46.9 Å². The van der Waals surface area contributed by atoms with Crippen LogP contribution in [0.15, 0.2) is 35.7 Å². The van der Waals surface area contributed by atoms with Crippen LogP contribution in [0.4, 0.5) is 4.79 Å². The van der Waals surface area contributed by atoms with Gasteiger partial charge >= 0.3 is 6.03 Å². The molecular weight excluding hydrogens is 382 g/mol. The van der Waals surface area contributed by atoms with Crippen molar-refractivity contribution < 1.29 is 4.79 Å². The maximum atomic E-state index is 12.4. The molecule has 2 N–H and O–H groups in total. The SMILES string of the molecule is Cc1nn(-c2ccccc2)c(C)c1CNC(=O)NC(C)c1nc(C(C)(C)C)cs1. The van der Waals surface area contributed by atoms with Gasteiger partial charge in [-0.1, -0.05) is 39.0 Å². The predicted octanol–water partition coefficient (Wildman–Crippen LogP) is 4.80. The average molecular weight is 412 g/mol. The molecule has 1 aromatic carbocycles. The van der Waals surface area contributed by atoms with Gasteiger partial charge in [0.15, 0.2) is 0 Å². The van der Waals surface area contributed by atoms with Crippen molar-refractivity contribution in [3.63, 3.8) is 0 Å². The summed E-state index contributed by atoms with van der Waals surface area (Å²) in [5.41, 5.74) is 5.03. The van der Waals surface area contributed by atoms with Gasteiger partial charge in [-0.2, -0.15) is 5.10 Å². The molecule has 3 aromatic rings. The molecule has 2 heterocycles. The highest BCUT2D eigenvalue weighted by Crippen LogP contribution is 2.26. The molecule has 0 radical (unpaired) electrons. The molecule has 6 nitrogen and oxygen atoms in total. The normalized spacial score (nSPS) is 12.6. The molecule has 0 saturated carbocycles. The molecule has 0 aliphatic rings. The lowest BCUT2D eigenvalue weighted by Crippen LogP contribution is -2.36. The minimum atomic E-state index is -0.212. The number of nitrogens with one attached hydrogen (secondary N) is 2. The number of benzene rings is 1. The van der Waals surface area contributed by atoms with Crippen LogP contribution in [0.2, 0.25) is 0 Å². The third-order valence-corrected chi connectivity index (χ3v) is 5.90. The van der Waals surface area contributed by atoms with Crippen LogP contribution in [0.25, 0.3) is 5.69 Å². The number of urea groups is 1. The highest BCUT2D eigenvalue weighted by molar-refractivity contribution is 7.09. The molecule has 29 heavy (non-hydrogen) atoms. The first-order chi connectivity index (χ1) is 13.7. The van der Waals surface area contributed by atoms with E-state index in [0.29, 0.717) is 6.54 Å². The molecule has 2 amide bonds. The van der Waals surface area contributed by atoms with Gasteiger partial charge in [-0.05, 0) is 32.9 Å². The minimum Gasteiger partial charge on any atom is -0.334 e. The van der Waals surface area contributed by atoms with Crippen LogP contribution >= 0.6 is 11.3 Å². The molecule has 0 spiro atoms. The average Bonchev–Trinajstić information content (AvgIpc) is 3.26. The summed E-state index contributed by atoms with van der Waals surface area (Å²) in [4.78, 5) is 17.1. The Balaban J connectivity index is 1.62. The van der Waals surface area contributed by atoms with Crippen molar-refractivity contribution >= 4 is 17.4 Å². The Morgan fingerprint density at radius 3 is 2.52 bits per heavy atom. The van der Waals surface area contributed by atoms with Crippen molar-refractivity contribution in [1.82, 2.24) is 25.4 Å². The largest absolute Gasteiger partial charge is 0.334 e. The summed E-state index contributed by atoms with van der Waals surface area (Å²) in [7, 11) is 0. The molecule has 1 atom stereocenters. The Bertz CT molecular complexity index is 985. The van der Waals surface area contributed by atoms with Crippen molar-refractivity contribution in [1.29, 1.82) is 0 Å². The second-order valence-electron chi connectivity index (χ2n) is 8.27. The van der Waals surface area contributed by atoms with E-state index < -0.39 is 0 Å². The van der Waals surface area contributed by atoms with E-state index in [-0.39, 0.29) is 17.5 Å². The first-order valence-corrected chi connectivity index (χ1v) is 10.7. The van der Waals surface area contributed by atoms with E-state index >= 15 is 0 Å². The number of hydrogen-bond acceptors (Lipinski definition) is 4. The van der Waals surface area contributed by atoms with E-state index in [9.17, 15) is 4.79 Å². The number of aryl methyl sites for hydroxylation is 1. The zero-order valence-corrected chi connectivity index (χ0v) is 18.7. The fraction of sp³-hybridized carbons (Fsp3) is 0.409. The van der Waals surface area contributed by atoms with Gasteiger partial charge in [0, 0.05) is 28.6 Å². The number of amides is 2. The first kappa shape index (κ1) is 21.0. The van der Waals surface area contributed by atoms with Crippen LogP contribution in [0.3, 0.4) is 0 Å². The minimum absolute atomic E-state index is 0.00466. The fourth-order valence-electron chi connectivity index (χ4n) is 3.06. The number of carbonyl (C=O) groups excluding carboxylic acids is 1. The molecule has 2 aromatic heterocycles. The van der Waals surface area contributed by atoms with Crippen molar-refractivity contribution in [2.45, 2.75) is 59.5 Å². The Labute approximate surface area is 176 Å². The smallest absolute Gasteiger partial charge is 0.315 e. The number of thiazole rings is 1. The Hall–Kier alpha value is -2.67. The van der Waals surface area contributed by atoms with Gasteiger partial charge in [-0.15, -0.1) is 11.3 Å². The van der Waals surface area contributed by atoms with Crippen molar-refractivity contribution in [3.8, 4) is 5.69 Å². The van der Waals surface area contributed by atoms with Crippen LogP contribution in [-0.4, -0.2) is 20.8 Å². The fourth-order valence-corrected chi connectivity index (χ4v) is 4.11. The molecule has 3 rings (SSSR count). The second kappa shape index (κ2) is 8.37. The Kier molecular flexibility index (Phi) is 6.07. The Morgan fingerprint density at radius 2 is 1.90 bits per heavy atom. The van der Waals surface area contributed by atoms with Crippen molar-refractivity contribution in [2.24, 2.45) is 0 Å². The van der Waals surface area contributed by atoms with Gasteiger partial charge in [-0.25, -0.2) is 14.5 Å². The highest BCUT2D eigenvalue weighted by Gasteiger charge is 2.20. The first-order valence-electron chi connectivity index (χ1n) is 9.77. The van der Waals surface area contributed by atoms with E-state index in [1.54, 1.807) is 11.3 Å². The van der Waals surface area contributed by atoms with Gasteiger partial charge in [0.25, 0.3) is 0 Å². The molecular formula is C22H29N5OS. The third kappa shape index (κ3) is 4.85. The summed E-state index contributed by atoms with van der Waals surface area (Å²) in [6.45, 7) is 12.8. The van der Waals surface area contributed by atoms with Crippen LogP contribution in [0, 0.1) is 13.8 Å². The van der Waals surface area contributed by atoms with Crippen molar-refractivity contribution in [3.05, 3.63) is 63.4 Å². The monoisotopic (exact) mass is 411 g/mol. The second-order valence-corrected chi connectivity index (χ2v) is 9.16. The van der Waals surface area contributed by atoms with Crippen LogP contribution in [0.5, 0.6) is 0 Å². The van der Waals surface area contributed by atoms with E-state index in [4.69, 9.17) is 0 Å². The third-order valence-electron chi connectivity index (χ3n) is 4.88. The van der Waals surface area contributed by atoms with Gasteiger partial charge in [0.05, 0.1) is 23.1 Å². The van der Waals surface area contributed by atoms with Gasteiger partial charge in [-0.3, -0.25) is 0 Å². The zero-order chi connectivity index (χ0) is 21.2. The molecule has 0 aliphatic carbocycles. The van der Waals surface area contributed by atoms with Gasteiger partial charge in [0.1, 0.15) is 5.01 Å². The maximum absolute atomic E-state index is 12.4. The number of aromatic nitrogens is 3. The van der Waals surface area contributed by atoms with Crippen LogP contribution < -0.4 is 10.6 Å². The summed E-state index contributed by atoms with van der Waals surface area (Å²) < 4.78 is 1.91. The molecule has 0 saturated heterocycles. The molecule has 0 bridgehead atoms. The maximum Gasteiger partial charge on any atom is 0.315 e. The highest BCUT2D eigenvalue weighted by atomic mass is 32.1. The molecule has 0 aliphatic heterocycles. The van der Waals surface area contributed by atoms with E-state index in [1.807, 2.05) is 55.8 Å². The number of para-hydroxylation sites is 1. The standard InChI is InChI=1S/C22H29N5OS/c1-14-18(16(3)27(26-14)17-10-8-7-9-11-17)12-23-21(28)24-15(2)20-25-19(13-29-20)22(4,5)6/h7-11,13,15H,12H2,1-6H3,(H2,23,24,28). The predicted molar refractivity (Wildman–Crippen MR) is 118 cm³/mol. The molecule has 154 valence electrons. The quantitative estimate of drug-likeness (QED) is 0.633. The lowest BCUT2D eigenvalue weighted by molar-refractivity contribution is 0.237. The molecule has 0 fully saturated rings. The number of carbonyl (C=O) groups is 1. The van der Waals surface area contributed by atoms with E-state index in [1.165, 1.54) is 0 Å². The molecule has 7 heteroatoms.